The number of aliphatic hydroxyl groups is 5. The predicted octanol–water partition coefficient (Wildman–Crippen LogP) is 3.80. The zero-order chi connectivity index (χ0) is 54.8. The number of halogens is 2. The maximum Gasteiger partial charge on any atom is 0.414 e. The van der Waals surface area contributed by atoms with E-state index in [2.05, 4.69) is 10.3 Å². The molecule has 0 unspecified atom stereocenters. The minimum Gasteiger partial charge on any atom is -0.459 e. The Kier molecular flexibility index (Phi) is 19.7. The molecule has 4 fully saturated rings. The molecule has 0 aliphatic carbocycles. The van der Waals surface area contributed by atoms with Crippen LogP contribution in [0.5, 0.6) is 0 Å². The third kappa shape index (κ3) is 13.8. The molecular weight excluding hydrogens is 971 g/mol. The molecule has 0 spiro atoms. The van der Waals surface area contributed by atoms with Gasteiger partial charge in [-0.1, -0.05) is 26.0 Å². The number of esters is 1. The number of cyclic esters (lactones) is 2. The summed E-state index contributed by atoms with van der Waals surface area (Å²) in [6.45, 7) is 18.5. The summed E-state index contributed by atoms with van der Waals surface area (Å²) in [6, 6.07) is 1.81. The number of hydrogen-bond acceptors (Lipinski definition) is 18. The second kappa shape index (κ2) is 24.4. The number of aromatic nitrogens is 3. The normalized spacial score (nSPS) is 40.4. The average Bonchev–Trinajstić information content (AvgIpc) is 3.94. The minimum atomic E-state index is -1.86. The molecule has 20 nitrogen and oxygen atoms in total. The van der Waals surface area contributed by atoms with Gasteiger partial charge in [0.2, 0.25) is 0 Å². The lowest BCUT2D eigenvalue weighted by Gasteiger charge is -2.49. The molecular formula is C52H84F2N6O14. The second-order valence-corrected chi connectivity index (χ2v) is 22.5. The van der Waals surface area contributed by atoms with Gasteiger partial charge in [-0.3, -0.25) is 9.69 Å². The van der Waals surface area contributed by atoms with Crippen molar-refractivity contribution in [2.45, 2.75) is 211 Å². The van der Waals surface area contributed by atoms with Gasteiger partial charge in [0.15, 0.2) is 12.6 Å². The fourth-order valence-electron chi connectivity index (χ4n) is 11.6. The summed E-state index contributed by atoms with van der Waals surface area (Å²) in [5, 5.41) is 68.2. The van der Waals surface area contributed by atoms with Crippen LogP contribution in [0.25, 0.3) is 0 Å². The van der Waals surface area contributed by atoms with E-state index < -0.39 is 132 Å². The third-order valence-electron chi connectivity index (χ3n) is 16.1. The van der Waals surface area contributed by atoms with Crippen molar-refractivity contribution in [1.82, 2.24) is 24.8 Å². The SMILES string of the molecule is CC[C@H]1OC(=O)[C@H](C)[C@@H](O[C@H]2C[C@@](C)(OC)[C@@H](O)[C@H](C)O2)[C@H](C)[C@@H](O[C@@H]2O[C@H](C)C[C@H](N(C)CCCc3cn(C[C@H]4CN(c5cc(F)cc(F)c5)C(=O)O4)nn3)[C@H]2O)[C@](C)(O)C[C@@H](C)CN(C)[C@H](C)[C@@H](O)[C@]1(C)O. The number of carbonyl (C=O) groups excluding carboxylic acids is 2. The van der Waals surface area contributed by atoms with Crippen LogP contribution in [0.3, 0.4) is 0 Å². The number of methoxy groups -OCH3 is 1. The number of amides is 1. The van der Waals surface area contributed by atoms with Crippen molar-refractivity contribution < 1.29 is 77.1 Å². The van der Waals surface area contributed by atoms with Crippen molar-refractivity contribution in [2.75, 3.05) is 45.7 Å². The van der Waals surface area contributed by atoms with Gasteiger partial charge in [0, 0.05) is 50.3 Å². The van der Waals surface area contributed by atoms with Gasteiger partial charge < -0.3 is 68.5 Å². The first-order valence-corrected chi connectivity index (χ1v) is 26.2. The molecule has 0 bridgehead atoms. The van der Waals surface area contributed by atoms with E-state index in [-0.39, 0.29) is 44.0 Å². The van der Waals surface area contributed by atoms with Crippen molar-refractivity contribution in [3.63, 3.8) is 0 Å². The van der Waals surface area contributed by atoms with Gasteiger partial charge in [0.25, 0.3) is 0 Å². The average molecular weight is 1060 g/mol. The number of carbonyl (C=O) groups is 2. The van der Waals surface area contributed by atoms with Gasteiger partial charge in [-0.15, -0.1) is 5.10 Å². The van der Waals surface area contributed by atoms with Crippen LogP contribution in [-0.4, -0.2) is 200 Å². The summed E-state index contributed by atoms with van der Waals surface area (Å²) in [6.07, 6.45) is -7.89. The number of aryl methyl sites for hydroxylation is 1. The number of hydrogen-bond donors (Lipinski definition) is 5. The Bertz CT molecular complexity index is 2160. The molecule has 1 aromatic carbocycles. The largest absolute Gasteiger partial charge is 0.459 e. The topological polar surface area (TPSA) is 240 Å². The van der Waals surface area contributed by atoms with Crippen molar-refractivity contribution in [3.8, 4) is 0 Å². The Morgan fingerprint density at radius 2 is 1.59 bits per heavy atom. The van der Waals surface area contributed by atoms with Crippen LogP contribution >= 0.6 is 0 Å². The predicted molar refractivity (Wildman–Crippen MR) is 265 cm³/mol. The number of nitrogens with zero attached hydrogens (tertiary/aromatic N) is 6. The highest BCUT2D eigenvalue weighted by atomic mass is 19.1. The number of aliphatic hydroxyl groups excluding tert-OH is 3. The monoisotopic (exact) mass is 1050 g/mol. The summed E-state index contributed by atoms with van der Waals surface area (Å²) >= 11 is 0. The highest BCUT2D eigenvalue weighted by Gasteiger charge is 2.53. The van der Waals surface area contributed by atoms with Gasteiger partial charge in [-0.2, -0.15) is 0 Å². The lowest BCUT2D eigenvalue weighted by Crippen LogP contribution is -2.60. The Labute approximate surface area is 434 Å². The highest BCUT2D eigenvalue weighted by molar-refractivity contribution is 5.89. The Morgan fingerprint density at radius 3 is 2.24 bits per heavy atom. The first-order valence-electron chi connectivity index (χ1n) is 26.2. The van der Waals surface area contributed by atoms with E-state index in [0.29, 0.717) is 38.0 Å². The van der Waals surface area contributed by atoms with E-state index >= 15 is 0 Å². The van der Waals surface area contributed by atoms with Crippen molar-refractivity contribution >= 4 is 17.7 Å². The second-order valence-electron chi connectivity index (χ2n) is 22.5. The van der Waals surface area contributed by atoms with E-state index in [1.54, 1.807) is 59.3 Å². The van der Waals surface area contributed by atoms with Crippen molar-refractivity contribution in [2.24, 2.45) is 17.8 Å². The molecule has 4 saturated heterocycles. The molecule has 22 heteroatoms. The first kappa shape index (κ1) is 59.7. The quantitative estimate of drug-likeness (QED) is 0.169. The fraction of sp³-hybridized carbons (Fsp3) is 0.808. The van der Waals surface area contributed by atoms with Gasteiger partial charge >= 0.3 is 12.1 Å². The summed E-state index contributed by atoms with van der Waals surface area (Å²) in [4.78, 5) is 32.2. The molecule has 1 amide bonds. The molecule has 0 radical (unpaired) electrons. The fourth-order valence-corrected chi connectivity index (χ4v) is 11.6. The molecule has 19 atom stereocenters. The zero-order valence-corrected chi connectivity index (χ0v) is 45.5. The van der Waals surface area contributed by atoms with E-state index in [9.17, 15) is 43.9 Å². The maximum absolute atomic E-state index is 14.5. The summed E-state index contributed by atoms with van der Waals surface area (Å²) in [7, 11) is 5.21. The molecule has 6 rings (SSSR count). The van der Waals surface area contributed by atoms with Gasteiger partial charge in [-0.05, 0) is 119 Å². The molecule has 5 N–H and O–H groups in total. The van der Waals surface area contributed by atoms with Crippen LogP contribution in [0.2, 0.25) is 0 Å². The Balaban J connectivity index is 1.20. The summed E-state index contributed by atoms with van der Waals surface area (Å²) in [5.74, 6) is -4.50. The molecule has 4 aliphatic rings. The molecule has 2 aromatic rings. The lowest BCUT2D eigenvalue weighted by atomic mass is 9.77. The molecule has 0 saturated carbocycles. The van der Waals surface area contributed by atoms with Gasteiger partial charge in [0.1, 0.15) is 47.8 Å². The van der Waals surface area contributed by atoms with Gasteiger partial charge in [0.05, 0.1) is 66.0 Å². The molecule has 74 heavy (non-hydrogen) atoms. The Morgan fingerprint density at radius 1 is 0.919 bits per heavy atom. The van der Waals surface area contributed by atoms with E-state index in [0.717, 1.165) is 18.2 Å². The lowest BCUT2D eigenvalue weighted by molar-refractivity contribution is -0.318. The van der Waals surface area contributed by atoms with Crippen LogP contribution in [0.4, 0.5) is 19.3 Å². The highest BCUT2D eigenvalue weighted by Crippen LogP contribution is 2.40. The number of rotatable bonds is 14. The van der Waals surface area contributed by atoms with Crippen molar-refractivity contribution in [3.05, 3.63) is 41.7 Å². The summed E-state index contributed by atoms with van der Waals surface area (Å²) < 4.78 is 73.0. The smallest absolute Gasteiger partial charge is 0.414 e. The van der Waals surface area contributed by atoms with Crippen molar-refractivity contribution in [1.29, 1.82) is 0 Å². The summed E-state index contributed by atoms with van der Waals surface area (Å²) in [5.41, 5.74) is -3.86. The van der Waals surface area contributed by atoms with Crippen LogP contribution in [0.1, 0.15) is 107 Å². The molecule has 1 aromatic heterocycles. The number of likely N-dealkylation sites (N-methyl/N-ethyl adjacent to an activating group) is 2. The third-order valence-corrected chi connectivity index (χ3v) is 16.1. The molecule has 5 heterocycles. The van der Waals surface area contributed by atoms with E-state index in [4.69, 9.17) is 33.2 Å². The van der Waals surface area contributed by atoms with E-state index in [1.807, 2.05) is 37.7 Å². The zero-order valence-electron chi connectivity index (χ0n) is 45.5. The Hall–Kier alpha value is -3.52. The van der Waals surface area contributed by atoms with Crippen LogP contribution in [0, 0.1) is 29.4 Å². The van der Waals surface area contributed by atoms with Crippen LogP contribution < -0.4 is 4.90 Å². The minimum absolute atomic E-state index is 0.0572. The molecule has 420 valence electrons. The number of benzene rings is 1. The number of anilines is 1. The van der Waals surface area contributed by atoms with Gasteiger partial charge in [-0.25, -0.2) is 18.3 Å². The maximum atomic E-state index is 14.5. The first-order chi connectivity index (χ1) is 34.6. The van der Waals surface area contributed by atoms with Crippen LogP contribution in [-0.2, 0) is 50.9 Å². The van der Waals surface area contributed by atoms with E-state index in [1.165, 1.54) is 18.9 Å². The van der Waals surface area contributed by atoms with Crippen LogP contribution in [0.15, 0.2) is 24.4 Å². The molecule has 4 aliphatic heterocycles. The number of ether oxygens (including phenoxy) is 7. The standard InChI is InChI=1S/C52H84F2N6O14/c1-14-40-52(10,67)44(62)32(6)58(12)24-28(2)22-50(8,66)46(30(4)43(31(5)47(64)72-40)73-41-23-51(9,68-13)45(63)33(7)70-41)74-48-42(61)39(18-29(3)69-48)57(11)17-15-16-36-25-59(56-55-36)26-38-27-60(49(65)71-38)37-20-34(53)19-35(54)21-37/h19-21,25,28-33,38-46,48,61-63,66-67H,14-18,22-24,26-27H2,1-13H3/t28-,29-,30+,31-,32-,33+,38+,39+,40-,41+,42-,43+,44-,45+,46-,48+,50-,51-,52-/m1/s1.